The van der Waals surface area contributed by atoms with Crippen molar-refractivity contribution >= 4 is 0 Å². The van der Waals surface area contributed by atoms with Gasteiger partial charge in [-0.15, -0.1) is 0 Å². The molecule has 0 spiro atoms. The van der Waals surface area contributed by atoms with Crippen molar-refractivity contribution in [2.45, 2.75) is 38.9 Å². The molecule has 0 heterocycles. The van der Waals surface area contributed by atoms with Gasteiger partial charge in [0.15, 0.2) is 6.61 Å². The number of para-hydroxylation sites is 1. The highest BCUT2D eigenvalue weighted by molar-refractivity contribution is 5.45. The Bertz CT molecular complexity index is 422. The van der Waals surface area contributed by atoms with Crippen LogP contribution in [-0.4, -0.2) is 19.8 Å². The summed E-state index contributed by atoms with van der Waals surface area (Å²) >= 11 is 0. The van der Waals surface area contributed by atoms with E-state index in [1.165, 1.54) is 0 Å². The van der Waals surface area contributed by atoms with Gasteiger partial charge in [0.1, 0.15) is 5.75 Å². The van der Waals surface area contributed by atoms with E-state index in [0.29, 0.717) is 12.3 Å². The maximum atomic E-state index is 12.3. The van der Waals surface area contributed by atoms with Gasteiger partial charge in [0.05, 0.1) is 0 Å². The fraction of sp³-hybridized carbons (Fsp3) is 0.571. The van der Waals surface area contributed by atoms with E-state index in [1.807, 2.05) is 32.9 Å². The van der Waals surface area contributed by atoms with Crippen molar-refractivity contribution in [3.8, 4) is 5.75 Å². The summed E-state index contributed by atoms with van der Waals surface area (Å²) in [5.41, 5.74) is 1.24. The molecule has 0 saturated carbocycles. The second-order valence-corrected chi connectivity index (χ2v) is 5.48. The molecule has 0 radical (unpaired) electrons. The van der Waals surface area contributed by atoms with Gasteiger partial charge in [-0.05, 0) is 18.0 Å². The van der Waals surface area contributed by atoms with Crippen LogP contribution in [0, 0.1) is 0 Å². The standard InChI is InChI=1S/C14H20F3NO/c1-13(2,3)11-7-5-6-10(8-18-4)12(11)19-9-14(15,16)17/h5-7,18H,8-9H2,1-4H3. The second kappa shape index (κ2) is 5.82. The Balaban J connectivity index is 3.14. The summed E-state index contributed by atoms with van der Waals surface area (Å²) in [7, 11) is 1.75. The third-order valence-corrected chi connectivity index (χ3v) is 2.65. The molecule has 0 aromatic heterocycles. The molecule has 1 aromatic carbocycles. The SMILES string of the molecule is CNCc1cccc(C(C)(C)C)c1OCC(F)(F)F. The number of benzene rings is 1. The Kier molecular flexibility index (Phi) is 4.85. The zero-order valence-electron chi connectivity index (χ0n) is 11.7. The predicted octanol–water partition coefficient (Wildman–Crippen LogP) is 3.64. The molecule has 0 aliphatic rings. The fourth-order valence-electron chi connectivity index (χ4n) is 1.83. The maximum Gasteiger partial charge on any atom is 0.422 e. The number of halogens is 3. The zero-order chi connectivity index (χ0) is 14.7. The lowest BCUT2D eigenvalue weighted by Gasteiger charge is -2.25. The fourth-order valence-corrected chi connectivity index (χ4v) is 1.83. The lowest BCUT2D eigenvalue weighted by atomic mass is 9.85. The summed E-state index contributed by atoms with van der Waals surface area (Å²) in [5.74, 6) is 0.335. The number of ether oxygens (including phenoxy) is 1. The Morgan fingerprint density at radius 3 is 2.26 bits per heavy atom. The Morgan fingerprint density at radius 1 is 1.16 bits per heavy atom. The summed E-state index contributed by atoms with van der Waals surface area (Å²) < 4.78 is 42.1. The third-order valence-electron chi connectivity index (χ3n) is 2.65. The number of alkyl halides is 3. The van der Waals surface area contributed by atoms with Gasteiger partial charge in [-0.3, -0.25) is 0 Å². The van der Waals surface area contributed by atoms with Crippen molar-refractivity contribution in [1.82, 2.24) is 5.32 Å². The first-order valence-corrected chi connectivity index (χ1v) is 6.11. The minimum Gasteiger partial charge on any atom is -0.483 e. The van der Waals surface area contributed by atoms with Gasteiger partial charge in [0.2, 0.25) is 0 Å². The zero-order valence-corrected chi connectivity index (χ0v) is 11.7. The average Bonchev–Trinajstić information content (AvgIpc) is 2.25. The molecule has 1 aromatic rings. The number of rotatable bonds is 4. The van der Waals surface area contributed by atoms with E-state index in [0.717, 1.165) is 11.1 Å². The van der Waals surface area contributed by atoms with Crippen molar-refractivity contribution in [2.75, 3.05) is 13.7 Å². The van der Waals surface area contributed by atoms with Crippen LogP contribution in [0.5, 0.6) is 5.75 Å². The van der Waals surface area contributed by atoms with Crippen molar-refractivity contribution in [3.05, 3.63) is 29.3 Å². The quantitative estimate of drug-likeness (QED) is 0.905. The summed E-state index contributed by atoms with van der Waals surface area (Å²) in [6.07, 6.45) is -4.33. The van der Waals surface area contributed by atoms with Crippen LogP contribution < -0.4 is 10.1 Å². The van der Waals surface area contributed by atoms with Crippen molar-refractivity contribution in [3.63, 3.8) is 0 Å². The van der Waals surface area contributed by atoms with Gasteiger partial charge in [-0.1, -0.05) is 39.0 Å². The topological polar surface area (TPSA) is 21.3 Å². The molecule has 108 valence electrons. The van der Waals surface area contributed by atoms with Gasteiger partial charge >= 0.3 is 6.18 Å². The summed E-state index contributed by atoms with van der Waals surface area (Å²) in [6, 6.07) is 5.43. The van der Waals surface area contributed by atoms with Gasteiger partial charge in [-0.2, -0.15) is 13.2 Å². The van der Waals surface area contributed by atoms with Crippen LogP contribution in [0.4, 0.5) is 13.2 Å². The smallest absolute Gasteiger partial charge is 0.422 e. The van der Waals surface area contributed by atoms with Crippen molar-refractivity contribution in [1.29, 1.82) is 0 Å². The van der Waals surface area contributed by atoms with E-state index in [1.54, 1.807) is 13.1 Å². The first kappa shape index (κ1) is 15.8. The predicted molar refractivity (Wildman–Crippen MR) is 69.5 cm³/mol. The molecule has 0 atom stereocenters. The lowest BCUT2D eigenvalue weighted by Crippen LogP contribution is -2.23. The Hall–Kier alpha value is -1.23. The van der Waals surface area contributed by atoms with Crippen LogP contribution >= 0.6 is 0 Å². The van der Waals surface area contributed by atoms with Gasteiger partial charge in [0, 0.05) is 12.1 Å². The molecular formula is C14H20F3NO. The van der Waals surface area contributed by atoms with Crippen LogP contribution in [0.3, 0.4) is 0 Å². The molecule has 2 nitrogen and oxygen atoms in total. The monoisotopic (exact) mass is 275 g/mol. The molecule has 0 unspecified atom stereocenters. The molecule has 0 bridgehead atoms. The largest absolute Gasteiger partial charge is 0.483 e. The van der Waals surface area contributed by atoms with E-state index in [-0.39, 0.29) is 5.41 Å². The minimum absolute atomic E-state index is 0.273. The molecule has 1 rings (SSSR count). The number of nitrogens with one attached hydrogen (secondary N) is 1. The number of hydrogen-bond donors (Lipinski definition) is 1. The van der Waals surface area contributed by atoms with Crippen LogP contribution in [0.15, 0.2) is 18.2 Å². The Labute approximate surface area is 112 Å². The highest BCUT2D eigenvalue weighted by Crippen LogP contribution is 2.35. The van der Waals surface area contributed by atoms with Crippen molar-refractivity contribution in [2.24, 2.45) is 0 Å². The molecule has 19 heavy (non-hydrogen) atoms. The molecular weight excluding hydrogens is 255 g/mol. The van der Waals surface area contributed by atoms with Gasteiger partial charge in [0.25, 0.3) is 0 Å². The summed E-state index contributed by atoms with van der Waals surface area (Å²) in [6.45, 7) is 5.05. The summed E-state index contributed by atoms with van der Waals surface area (Å²) in [5, 5.41) is 2.94. The van der Waals surface area contributed by atoms with E-state index < -0.39 is 12.8 Å². The third kappa shape index (κ3) is 4.74. The van der Waals surface area contributed by atoms with Crippen LogP contribution in [-0.2, 0) is 12.0 Å². The second-order valence-electron chi connectivity index (χ2n) is 5.48. The van der Waals surface area contributed by atoms with E-state index in [9.17, 15) is 13.2 Å². The lowest BCUT2D eigenvalue weighted by molar-refractivity contribution is -0.153. The minimum atomic E-state index is -4.33. The molecule has 0 saturated heterocycles. The summed E-state index contributed by atoms with van der Waals surface area (Å²) in [4.78, 5) is 0. The highest BCUT2D eigenvalue weighted by atomic mass is 19.4. The van der Waals surface area contributed by atoms with Crippen molar-refractivity contribution < 1.29 is 17.9 Å². The number of hydrogen-bond acceptors (Lipinski definition) is 2. The molecule has 5 heteroatoms. The van der Waals surface area contributed by atoms with E-state index in [2.05, 4.69) is 5.32 Å². The van der Waals surface area contributed by atoms with E-state index >= 15 is 0 Å². The molecule has 0 fully saturated rings. The molecule has 1 N–H and O–H groups in total. The first-order chi connectivity index (χ1) is 8.65. The molecule has 0 amide bonds. The van der Waals surface area contributed by atoms with E-state index in [4.69, 9.17) is 4.74 Å². The van der Waals surface area contributed by atoms with Crippen LogP contribution in [0.2, 0.25) is 0 Å². The first-order valence-electron chi connectivity index (χ1n) is 6.11. The molecule has 0 aliphatic carbocycles. The normalized spacial score (nSPS) is 12.6. The molecule has 0 aliphatic heterocycles. The van der Waals surface area contributed by atoms with Gasteiger partial charge < -0.3 is 10.1 Å². The Morgan fingerprint density at radius 2 is 1.79 bits per heavy atom. The maximum absolute atomic E-state index is 12.3. The van der Waals surface area contributed by atoms with Crippen LogP contribution in [0.25, 0.3) is 0 Å². The van der Waals surface area contributed by atoms with Gasteiger partial charge in [-0.25, -0.2) is 0 Å². The average molecular weight is 275 g/mol. The highest BCUT2D eigenvalue weighted by Gasteiger charge is 2.30. The van der Waals surface area contributed by atoms with Crippen LogP contribution in [0.1, 0.15) is 31.9 Å².